The Morgan fingerprint density at radius 1 is 1.38 bits per heavy atom. The highest BCUT2D eigenvalue weighted by Crippen LogP contribution is 2.30. The summed E-state index contributed by atoms with van der Waals surface area (Å²) in [4.78, 5) is 0.990. The van der Waals surface area contributed by atoms with Crippen LogP contribution in [0.5, 0.6) is 5.75 Å². The van der Waals surface area contributed by atoms with E-state index in [1.165, 1.54) is 12.1 Å². The van der Waals surface area contributed by atoms with Crippen LogP contribution in [0.25, 0.3) is 0 Å². The summed E-state index contributed by atoms with van der Waals surface area (Å²) in [5.41, 5.74) is 6.74. The molecule has 1 heterocycles. The van der Waals surface area contributed by atoms with E-state index >= 15 is 0 Å². The van der Waals surface area contributed by atoms with E-state index in [4.69, 9.17) is 10.5 Å². The van der Waals surface area contributed by atoms with E-state index in [0.29, 0.717) is 11.3 Å². The minimum absolute atomic E-state index is 0.303. The molecule has 2 N–H and O–H groups in total. The second-order valence-electron chi connectivity index (χ2n) is 3.38. The molecule has 0 amide bonds. The van der Waals surface area contributed by atoms with Crippen molar-refractivity contribution in [3.05, 3.63) is 52.0 Å². The number of thiophene rings is 1. The Labute approximate surface area is 97.5 Å². The van der Waals surface area contributed by atoms with Gasteiger partial charge in [0.15, 0.2) is 0 Å². The summed E-state index contributed by atoms with van der Waals surface area (Å²) < 4.78 is 18.4. The lowest BCUT2D eigenvalue weighted by Crippen LogP contribution is -2.11. The van der Waals surface area contributed by atoms with Crippen LogP contribution < -0.4 is 10.5 Å². The van der Waals surface area contributed by atoms with Crippen molar-refractivity contribution in [2.24, 2.45) is 5.73 Å². The third-order valence-electron chi connectivity index (χ3n) is 2.38. The number of methoxy groups -OCH3 is 1. The number of benzene rings is 1. The first-order valence-electron chi connectivity index (χ1n) is 4.85. The molecule has 0 radical (unpaired) electrons. The fourth-order valence-corrected chi connectivity index (χ4v) is 2.31. The standard InChI is InChI=1S/C12H12FNOS/c1-15-10-5-4-8(13)7-9(10)12(14)11-3-2-6-16-11/h2-7,12H,14H2,1H3/t12-/m0/s1. The largest absolute Gasteiger partial charge is 0.496 e. The van der Waals surface area contributed by atoms with Crippen molar-refractivity contribution in [1.82, 2.24) is 0 Å². The van der Waals surface area contributed by atoms with Gasteiger partial charge in [0.1, 0.15) is 11.6 Å². The van der Waals surface area contributed by atoms with E-state index < -0.39 is 0 Å². The molecule has 0 aliphatic rings. The molecule has 0 unspecified atom stereocenters. The van der Waals surface area contributed by atoms with Gasteiger partial charge < -0.3 is 10.5 Å². The molecular weight excluding hydrogens is 225 g/mol. The zero-order valence-electron chi connectivity index (χ0n) is 8.81. The number of hydrogen-bond acceptors (Lipinski definition) is 3. The molecular formula is C12H12FNOS. The fraction of sp³-hybridized carbons (Fsp3) is 0.167. The molecule has 0 saturated heterocycles. The highest BCUT2D eigenvalue weighted by molar-refractivity contribution is 7.10. The third kappa shape index (κ3) is 2.08. The van der Waals surface area contributed by atoms with Crippen LogP contribution >= 0.6 is 11.3 Å². The first-order chi connectivity index (χ1) is 7.72. The molecule has 0 bridgehead atoms. The third-order valence-corrected chi connectivity index (χ3v) is 3.33. The number of nitrogens with two attached hydrogens (primary N) is 1. The molecule has 0 aliphatic heterocycles. The molecule has 0 aliphatic carbocycles. The van der Waals surface area contributed by atoms with Gasteiger partial charge in [-0.1, -0.05) is 6.07 Å². The molecule has 1 aromatic heterocycles. The van der Waals surface area contributed by atoms with E-state index in [1.54, 1.807) is 24.5 Å². The summed E-state index contributed by atoms with van der Waals surface area (Å²) in [6, 6.07) is 7.89. The fourth-order valence-electron chi connectivity index (χ4n) is 1.57. The highest BCUT2D eigenvalue weighted by Gasteiger charge is 2.15. The van der Waals surface area contributed by atoms with Crippen LogP contribution in [0.4, 0.5) is 4.39 Å². The summed E-state index contributed by atoms with van der Waals surface area (Å²) in [7, 11) is 1.55. The van der Waals surface area contributed by atoms with Gasteiger partial charge in [0.25, 0.3) is 0 Å². The number of halogens is 1. The maximum Gasteiger partial charge on any atom is 0.124 e. The predicted octanol–water partition coefficient (Wildman–Crippen LogP) is 2.94. The van der Waals surface area contributed by atoms with Crippen LogP contribution in [-0.4, -0.2) is 7.11 Å². The summed E-state index contributed by atoms with van der Waals surface area (Å²) >= 11 is 1.55. The highest BCUT2D eigenvalue weighted by atomic mass is 32.1. The molecule has 84 valence electrons. The molecule has 1 aromatic carbocycles. The van der Waals surface area contributed by atoms with Crippen molar-refractivity contribution in [1.29, 1.82) is 0 Å². The predicted molar refractivity (Wildman–Crippen MR) is 63.3 cm³/mol. The Morgan fingerprint density at radius 2 is 2.19 bits per heavy atom. The Hall–Kier alpha value is -1.39. The van der Waals surface area contributed by atoms with Crippen LogP contribution in [0.1, 0.15) is 16.5 Å². The lowest BCUT2D eigenvalue weighted by atomic mass is 10.0. The molecule has 2 aromatic rings. The lowest BCUT2D eigenvalue weighted by Gasteiger charge is -2.14. The van der Waals surface area contributed by atoms with Crippen molar-refractivity contribution < 1.29 is 9.13 Å². The van der Waals surface area contributed by atoms with Gasteiger partial charge in [0, 0.05) is 10.4 Å². The molecule has 1 atom stereocenters. The average molecular weight is 237 g/mol. The van der Waals surface area contributed by atoms with Crippen molar-refractivity contribution >= 4 is 11.3 Å². The Balaban J connectivity index is 2.42. The minimum atomic E-state index is -0.342. The summed E-state index contributed by atoms with van der Waals surface area (Å²) in [5.74, 6) is 0.310. The van der Waals surface area contributed by atoms with Gasteiger partial charge in [-0.25, -0.2) is 4.39 Å². The van der Waals surface area contributed by atoms with E-state index in [9.17, 15) is 4.39 Å². The Morgan fingerprint density at radius 3 is 2.81 bits per heavy atom. The van der Waals surface area contributed by atoms with Gasteiger partial charge in [0.2, 0.25) is 0 Å². The monoisotopic (exact) mass is 237 g/mol. The zero-order chi connectivity index (χ0) is 11.5. The maximum atomic E-state index is 13.2. The van der Waals surface area contributed by atoms with Gasteiger partial charge >= 0.3 is 0 Å². The van der Waals surface area contributed by atoms with Gasteiger partial charge in [-0.2, -0.15) is 0 Å². The minimum Gasteiger partial charge on any atom is -0.496 e. The summed E-state index contributed by atoms with van der Waals surface area (Å²) in [6.45, 7) is 0. The van der Waals surface area contributed by atoms with Crippen LogP contribution in [0.2, 0.25) is 0 Å². The quantitative estimate of drug-likeness (QED) is 0.890. The average Bonchev–Trinajstić information content (AvgIpc) is 2.81. The van der Waals surface area contributed by atoms with Crippen LogP contribution in [-0.2, 0) is 0 Å². The van der Waals surface area contributed by atoms with E-state index in [-0.39, 0.29) is 11.9 Å². The van der Waals surface area contributed by atoms with Gasteiger partial charge in [-0.3, -0.25) is 0 Å². The van der Waals surface area contributed by atoms with Gasteiger partial charge in [0.05, 0.1) is 13.2 Å². The molecule has 16 heavy (non-hydrogen) atoms. The summed E-state index contributed by atoms with van der Waals surface area (Å²) in [5, 5.41) is 1.95. The van der Waals surface area contributed by atoms with Crippen molar-refractivity contribution in [2.75, 3.05) is 7.11 Å². The Bertz CT molecular complexity index is 470. The van der Waals surface area contributed by atoms with Crippen molar-refractivity contribution in [3.63, 3.8) is 0 Å². The molecule has 0 fully saturated rings. The smallest absolute Gasteiger partial charge is 0.124 e. The van der Waals surface area contributed by atoms with E-state index in [0.717, 1.165) is 4.88 Å². The maximum absolute atomic E-state index is 13.2. The zero-order valence-corrected chi connectivity index (χ0v) is 9.63. The van der Waals surface area contributed by atoms with Gasteiger partial charge in [-0.05, 0) is 29.6 Å². The van der Waals surface area contributed by atoms with Crippen LogP contribution in [0.3, 0.4) is 0 Å². The first-order valence-corrected chi connectivity index (χ1v) is 5.72. The number of rotatable bonds is 3. The van der Waals surface area contributed by atoms with Crippen LogP contribution in [0.15, 0.2) is 35.7 Å². The second kappa shape index (κ2) is 4.63. The van der Waals surface area contributed by atoms with Crippen LogP contribution in [0, 0.1) is 5.82 Å². The van der Waals surface area contributed by atoms with E-state index in [1.807, 2.05) is 17.5 Å². The van der Waals surface area contributed by atoms with Crippen molar-refractivity contribution in [2.45, 2.75) is 6.04 Å². The molecule has 0 spiro atoms. The van der Waals surface area contributed by atoms with Gasteiger partial charge in [-0.15, -0.1) is 11.3 Å². The lowest BCUT2D eigenvalue weighted by molar-refractivity contribution is 0.406. The first kappa shape index (κ1) is 11.1. The SMILES string of the molecule is COc1ccc(F)cc1[C@H](N)c1cccs1. The number of hydrogen-bond donors (Lipinski definition) is 1. The molecule has 2 rings (SSSR count). The second-order valence-corrected chi connectivity index (χ2v) is 4.36. The molecule has 2 nitrogen and oxygen atoms in total. The van der Waals surface area contributed by atoms with Crippen molar-refractivity contribution in [3.8, 4) is 5.75 Å². The summed E-state index contributed by atoms with van der Waals surface area (Å²) in [6.07, 6.45) is 0. The number of ether oxygens (including phenoxy) is 1. The normalized spacial score (nSPS) is 12.4. The van der Waals surface area contributed by atoms with E-state index in [2.05, 4.69) is 0 Å². The topological polar surface area (TPSA) is 35.2 Å². The Kier molecular flexibility index (Phi) is 3.22. The molecule has 0 saturated carbocycles. The molecule has 4 heteroatoms.